The van der Waals surface area contributed by atoms with Gasteiger partial charge in [0.1, 0.15) is 6.04 Å². The molecule has 0 aromatic heterocycles. The van der Waals surface area contributed by atoms with Gasteiger partial charge in [-0.3, -0.25) is 9.59 Å². The van der Waals surface area contributed by atoms with Crippen molar-refractivity contribution >= 4 is 11.8 Å². The van der Waals surface area contributed by atoms with Crippen LogP contribution in [0.3, 0.4) is 0 Å². The number of nitrogens with one attached hydrogen (secondary N) is 2. The Kier molecular flexibility index (Phi) is 7.31. The number of rotatable bonds is 8. The van der Waals surface area contributed by atoms with E-state index in [4.69, 9.17) is 9.84 Å². The van der Waals surface area contributed by atoms with Gasteiger partial charge in [-0.25, -0.2) is 0 Å². The third kappa shape index (κ3) is 5.81. The van der Waals surface area contributed by atoms with Crippen LogP contribution in [-0.4, -0.2) is 49.3 Å². The zero-order chi connectivity index (χ0) is 14.8. The molecule has 2 amide bonds. The maximum Gasteiger partial charge on any atom is 0.251 e. The van der Waals surface area contributed by atoms with E-state index in [1.807, 2.05) is 6.07 Å². The molecule has 0 aliphatic rings. The Morgan fingerprint density at radius 2 is 1.95 bits per heavy atom. The lowest BCUT2D eigenvalue weighted by Crippen LogP contribution is -2.45. The van der Waals surface area contributed by atoms with E-state index in [0.717, 1.165) is 0 Å². The molecule has 6 nitrogen and oxygen atoms in total. The lowest BCUT2D eigenvalue weighted by molar-refractivity contribution is -0.122. The molecular formula is C14H20N2O4. The molecule has 0 aliphatic carbocycles. The average molecular weight is 280 g/mol. The third-order valence-corrected chi connectivity index (χ3v) is 2.56. The lowest BCUT2D eigenvalue weighted by Gasteiger charge is -2.14. The van der Waals surface area contributed by atoms with Gasteiger partial charge in [-0.05, 0) is 19.1 Å². The van der Waals surface area contributed by atoms with Crippen molar-refractivity contribution in [2.45, 2.75) is 13.0 Å². The maximum atomic E-state index is 11.8. The molecule has 0 radical (unpaired) electrons. The van der Waals surface area contributed by atoms with Gasteiger partial charge in [-0.15, -0.1) is 0 Å². The zero-order valence-corrected chi connectivity index (χ0v) is 11.5. The van der Waals surface area contributed by atoms with Gasteiger partial charge in [-0.1, -0.05) is 18.2 Å². The molecule has 0 fully saturated rings. The fourth-order valence-corrected chi connectivity index (χ4v) is 1.50. The van der Waals surface area contributed by atoms with Crippen LogP contribution in [0.2, 0.25) is 0 Å². The van der Waals surface area contributed by atoms with Crippen molar-refractivity contribution in [3.05, 3.63) is 35.9 Å². The molecular weight excluding hydrogens is 260 g/mol. The minimum atomic E-state index is -0.624. The predicted octanol–water partition coefficient (Wildman–Crippen LogP) is -0.0700. The summed E-state index contributed by atoms with van der Waals surface area (Å²) in [6, 6.07) is 8.08. The lowest BCUT2D eigenvalue weighted by atomic mass is 10.2. The monoisotopic (exact) mass is 280 g/mol. The van der Waals surface area contributed by atoms with Crippen LogP contribution in [0.15, 0.2) is 30.3 Å². The zero-order valence-electron chi connectivity index (χ0n) is 11.5. The molecule has 1 aromatic carbocycles. The largest absolute Gasteiger partial charge is 0.394 e. The van der Waals surface area contributed by atoms with E-state index >= 15 is 0 Å². The van der Waals surface area contributed by atoms with Gasteiger partial charge in [0.05, 0.1) is 19.8 Å². The molecule has 0 heterocycles. The first-order valence-corrected chi connectivity index (χ1v) is 6.47. The number of carbonyl (C=O) groups is 2. The second-order valence-electron chi connectivity index (χ2n) is 4.19. The Hall–Kier alpha value is -1.92. The highest BCUT2D eigenvalue weighted by molar-refractivity contribution is 5.97. The number of aliphatic hydroxyl groups is 1. The second kappa shape index (κ2) is 9.06. The van der Waals surface area contributed by atoms with Crippen LogP contribution in [0.5, 0.6) is 0 Å². The van der Waals surface area contributed by atoms with Crippen molar-refractivity contribution in [1.82, 2.24) is 10.6 Å². The van der Waals surface area contributed by atoms with Crippen molar-refractivity contribution < 1.29 is 19.4 Å². The summed E-state index contributed by atoms with van der Waals surface area (Å²) >= 11 is 0. The molecule has 1 unspecified atom stereocenters. The number of carbonyl (C=O) groups excluding carboxylic acids is 2. The molecule has 1 rings (SSSR count). The Labute approximate surface area is 118 Å². The second-order valence-corrected chi connectivity index (χ2v) is 4.19. The van der Waals surface area contributed by atoms with Crippen LogP contribution in [0.1, 0.15) is 17.3 Å². The fourth-order valence-electron chi connectivity index (χ4n) is 1.50. The first-order valence-electron chi connectivity index (χ1n) is 6.47. The molecule has 20 heavy (non-hydrogen) atoms. The molecule has 0 aliphatic heterocycles. The number of ether oxygens (including phenoxy) is 1. The number of hydrogen-bond acceptors (Lipinski definition) is 4. The first-order chi connectivity index (χ1) is 9.65. The van der Waals surface area contributed by atoms with Gasteiger partial charge in [0.15, 0.2) is 0 Å². The molecule has 0 saturated carbocycles. The van der Waals surface area contributed by atoms with Gasteiger partial charge in [0.2, 0.25) is 5.91 Å². The summed E-state index contributed by atoms with van der Waals surface area (Å²) in [6.07, 6.45) is 0. The van der Waals surface area contributed by atoms with Gasteiger partial charge in [-0.2, -0.15) is 0 Å². The normalized spacial score (nSPS) is 11.7. The van der Waals surface area contributed by atoms with E-state index in [0.29, 0.717) is 18.7 Å². The quantitative estimate of drug-likeness (QED) is 0.582. The van der Waals surface area contributed by atoms with Crippen molar-refractivity contribution in [2.24, 2.45) is 0 Å². The maximum absolute atomic E-state index is 11.8. The van der Waals surface area contributed by atoms with Crippen LogP contribution < -0.4 is 10.6 Å². The van der Waals surface area contributed by atoms with E-state index in [1.54, 1.807) is 31.2 Å². The van der Waals surface area contributed by atoms with Crippen LogP contribution >= 0.6 is 0 Å². The molecule has 1 atom stereocenters. The van der Waals surface area contributed by atoms with E-state index in [2.05, 4.69) is 10.6 Å². The minimum Gasteiger partial charge on any atom is -0.394 e. The van der Waals surface area contributed by atoms with Gasteiger partial charge in [0.25, 0.3) is 5.91 Å². The molecule has 6 heteroatoms. The van der Waals surface area contributed by atoms with Crippen LogP contribution in [0.4, 0.5) is 0 Å². The third-order valence-electron chi connectivity index (χ3n) is 2.56. The number of hydrogen-bond donors (Lipinski definition) is 3. The highest BCUT2D eigenvalue weighted by Crippen LogP contribution is 1.98. The van der Waals surface area contributed by atoms with E-state index in [1.165, 1.54) is 0 Å². The van der Waals surface area contributed by atoms with Crippen molar-refractivity contribution in [1.29, 1.82) is 0 Å². The van der Waals surface area contributed by atoms with Crippen LogP contribution in [0, 0.1) is 0 Å². The highest BCUT2D eigenvalue weighted by atomic mass is 16.5. The summed E-state index contributed by atoms with van der Waals surface area (Å²) in [5.74, 6) is -0.563. The Bertz CT molecular complexity index is 422. The molecule has 1 aromatic rings. The van der Waals surface area contributed by atoms with E-state index in [-0.39, 0.29) is 25.0 Å². The van der Waals surface area contributed by atoms with Crippen LogP contribution in [0.25, 0.3) is 0 Å². The first kappa shape index (κ1) is 16.1. The molecule has 0 bridgehead atoms. The van der Waals surface area contributed by atoms with Gasteiger partial charge in [0, 0.05) is 12.1 Å². The van der Waals surface area contributed by atoms with Gasteiger partial charge < -0.3 is 20.5 Å². The Balaban J connectivity index is 2.29. The Morgan fingerprint density at radius 1 is 1.25 bits per heavy atom. The number of aliphatic hydroxyl groups excluding tert-OH is 1. The SMILES string of the molecule is CC(NC(=O)c1ccccc1)C(=O)NCCOCCO. The summed E-state index contributed by atoms with van der Waals surface area (Å²) in [4.78, 5) is 23.5. The Morgan fingerprint density at radius 3 is 2.60 bits per heavy atom. The van der Waals surface area contributed by atoms with E-state index in [9.17, 15) is 9.59 Å². The summed E-state index contributed by atoms with van der Waals surface area (Å²) < 4.78 is 5.01. The standard InChI is InChI=1S/C14H20N2O4/c1-11(13(18)15-7-9-20-10-8-17)16-14(19)12-5-3-2-4-6-12/h2-6,11,17H,7-10H2,1H3,(H,15,18)(H,16,19). The van der Waals surface area contributed by atoms with E-state index < -0.39 is 6.04 Å². The summed E-state index contributed by atoms with van der Waals surface area (Å²) in [7, 11) is 0. The average Bonchev–Trinajstić information content (AvgIpc) is 2.47. The van der Waals surface area contributed by atoms with Crippen molar-refractivity contribution in [3.63, 3.8) is 0 Å². The fraction of sp³-hybridized carbons (Fsp3) is 0.429. The summed E-state index contributed by atoms with van der Waals surface area (Å²) in [6.45, 7) is 2.48. The minimum absolute atomic E-state index is 0.0442. The summed E-state index contributed by atoms with van der Waals surface area (Å²) in [5, 5.41) is 13.8. The highest BCUT2D eigenvalue weighted by Gasteiger charge is 2.15. The molecule has 110 valence electrons. The molecule has 0 spiro atoms. The predicted molar refractivity (Wildman–Crippen MR) is 74.3 cm³/mol. The van der Waals surface area contributed by atoms with Crippen LogP contribution in [-0.2, 0) is 9.53 Å². The molecule has 0 saturated heterocycles. The van der Waals surface area contributed by atoms with Crippen molar-refractivity contribution in [2.75, 3.05) is 26.4 Å². The molecule has 3 N–H and O–H groups in total. The van der Waals surface area contributed by atoms with Crippen molar-refractivity contribution in [3.8, 4) is 0 Å². The number of benzene rings is 1. The topological polar surface area (TPSA) is 87.7 Å². The number of amides is 2. The summed E-state index contributed by atoms with van der Waals surface area (Å²) in [5.41, 5.74) is 0.512. The smallest absolute Gasteiger partial charge is 0.251 e. The van der Waals surface area contributed by atoms with Gasteiger partial charge >= 0.3 is 0 Å².